The monoisotopic (exact) mass is 351 g/mol. The topological polar surface area (TPSA) is 69.6 Å². The fourth-order valence-electron chi connectivity index (χ4n) is 3.52. The summed E-state index contributed by atoms with van der Waals surface area (Å²) in [4.78, 5) is 38.1. The molecule has 1 aromatic heterocycles. The molecule has 1 saturated heterocycles. The van der Waals surface area contributed by atoms with Gasteiger partial charge < -0.3 is 14.7 Å². The molecule has 7 nitrogen and oxygen atoms in total. The van der Waals surface area contributed by atoms with Crippen LogP contribution in [-0.2, 0) is 11.2 Å². The fourth-order valence-corrected chi connectivity index (χ4v) is 3.52. The Morgan fingerprint density at radius 1 is 1.00 bits per heavy atom. The molecule has 0 aliphatic carbocycles. The molecule has 0 unspecified atom stereocenters. The average molecular weight is 351 g/mol. The van der Waals surface area contributed by atoms with Crippen molar-refractivity contribution in [3.63, 3.8) is 0 Å². The summed E-state index contributed by atoms with van der Waals surface area (Å²) in [6.45, 7) is 3.44. The van der Waals surface area contributed by atoms with E-state index >= 15 is 0 Å². The maximum absolute atomic E-state index is 12.9. The molecule has 0 bridgehead atoms. The first-order valence-electron chi connectivity index (χ1n) is 8.92. The van der Waals surface area contributed by atoms with Gasteiger partial charge in [0.15, 0.2) is 0 Å². The van der Waals surface area contributed by atoms with Gasteiger partial charge >= 0.3 is 0 Å². The minimum absolute atomic E-state index is 0.0607. The minimum Gasteiger partial charge on any atom is -0.342 e. The molecule has 2 aromatic rings. The highest BCUT2D eigenvalue weighted by molar-refractivity contribution is 6.06. The Morgan fingerprint density at radius 3 is 2.46 bits per heavy atom. The molecule has 0 N–H and O–H groups in total. The lowest BCUT2D eigenvalue weighted by Crippen LogP contribution is -2.46. The van der Waals surface area contributed by atoms with Crippen LogP contribution in [0, 0.1) is 0 Å². The third-order valence-electron chi connectivity index (χ3n) is 4.99. The molecular formula is C19H21N5O2. The zero-order valence-electron chi connectivity index (χ0n) is 14.5. The van der Waals surface area contributed by atoms with Crippen LogP contribution < -0.4 is 9.80 Å². The molecule has 0 radical (unpaired) electrons. The molecule has 134 valence electrons. The molecule has 2 amide bonds. The number of aromatic nitrogens is 2. The highest BCUT2D eigenvalue weighted by Gasteiger charge is 2.24. The molecule has 0 saturated carbocycles. The Labute approximate surface area is 152 Å². The third kappa shape index (κ3) is 3.12. The number of amides is 2. The quantitative estimate of drug-likeness (QED) is 0.781. The maximum atomic E-state index is 12.9. The summed E-state index contributed by atoms with van der Waals surface area (Å²) in [5.74, 6) is 0.542. The number of carbonyl (C=O) groups is 2. The van der Waals surface area contributed by atoms with Gasteiger partial charge in [-0.3, -0.25) is 9.59 Å². The van der Waals surface area contributed by atoms with Crippen molar-refractivity contribution in [2.75, 3.05) is 42.5 Å². The summed E-state index contributed by atoms with van der Waals surface area (Å²) in [6, 6.07) is 8.04. The van der Waals surface area contributed by atoms with Crippen LogP contribution in [0.4, 0.5) is 11.6 Å². The number of carbonyl (C=O) groups excluding carboxylic acids is 2. The standard InChI is InChI=1S/C19H21N5O2/c25-14-22-8-10-23(11-9-22)19-20-12-16(13-21-19)18(26)24-7-3-5-15-4-1-2-6-17(15)24/h1-2,4,6,12-14H,3,5,7-11H2. The Kier molecular flexibility index (Phi) is 4.51. The Balaban J connectivity index is 1.49. The van der Waals surface area contributed by atoms with E-state index in [4.69, 9.17) is 0 Å². The van der Waals surface area contributed by atoms with Gasteiger partial charge in [0.2, 0.25) is 12.4 Å². The Bertz CT molecular complexity index is 800. The smallest absolute Gasteiger partial charge is 0.261 e. The number of anilines is 2. The molecule has 1 aromatic carbocycles. The van der Waals surface area contributed by atoms with E-state index in [-0.39, 0.29) is 5.91 Å². The Morgan fingerprint density at radius 2 is 1.73 bits per heavy atom. The van der Waals surface area contributed by atoms with E-state index in [1.54, 1.807) is 17.3 Å². The van der Waals surface area contributed by atoms with Gasteiger partial charge in [-0.15, -0.1) is 0 Å². The van der Waals surface area contributed by atoms with E-state index in [1.165, 1.54) is 5.56 Å². The van der Waals surface area contributed by atoms with Crippen molar-refractivity contribution in [3.8, 4) is 0 Å². The summed E-state index contributed by atoms with van der Waals surface area (Å²) in [5.41, 5.74) is 2.69. The predicted molar refractivity (Wildman–Crippen MR) is 98.3 cm³/mol. The normalized spacial score (nSPS) is 17.0. The van der Waals surface area contributed by atoms with Crippen molar-refractivity contribution >= 4 is 24.0 Å². The summed E-state index contributed by atoms with van der Waals surface area (Å²) in [5, 5.41) is 0. The largest absolute Gasteiger partial charge is 0.342 e. The number of hydrogen-bond acceptors (Lipinski definition) is 5. The molecule has 3 heterocycles. The van der Waals surface area contributed by atoms with Crippen LogP contribution in [0.3, 0.4) is 0 Å². The van der Waals surface area contributed by atoms with Gasteiger partial charge in [0.1, 0.15) is 0 Å². The predicted octanol–water partition coefficient (Wildman–Crippen LogP) is 1.35. The summed E-state index contributed by atoms with van der Waals surface area (Å²) < 4.78 is 0. The lowest BCUT2D eigenvalue weighted by atomic mass is 10.0. The second-order valence-corrected chi connectivity index (χ2v) is 6.59. The molecule has 7 heteroatoms. The number of hydrogen-bond donors (Lipinski definition) is 0. The molecule has 1 fully saturated rings. The second kappa shape index (κ2) is 7.11. The summed E-state index contributed by atoms with van der Waals surface area (Å²) in [7, 11) is 0. The molecule has 2 aliphatic rings. The zero-order chi connectivity index (χ0) is 17.9. The number of nitrogens with zero attached hydrogens (tertiary/aromatic N) is 5. The maximum Gasteiger partial charge on any atom is 0.261 e. The average Bonchev–Trinajstić information content (AvgIpc) is 2.73. The van der Waals surface area contributed by atoms with Crippen LogP contribution >= 0.6 is 0 Å². The van der Waals surface area contributed by atoms with Crippen molar-refractivity contribution in [2.24, 2.45) is 0 Å². The first kappa shape index (κ1) is 16.5. The third-order valence-corrected chi connectivity index (χ3v) is 4.99. The number of fused-ring (bicyclic) bond motifs is 1. The summed E-state index contributed by atoms with van der Waals surface area (Å²) >= 11 is 0. The van der Waals surface area contributed by atoms with Gasteiger partial charge in [-0.2, -0.15) is 0 Å². The van der Waals surface area contributed by atoms with Crippen molar-refractivity contribution in [1.82, 2.24) is 14.9 Å². The van der Waals surface area contributed by atoms with Crippen molar-refractivity contribution < 1.29 is 9.59 Å². The van der Waals surface area contributed by atoms with Crippen molar-refractivity contribution in [2.45, 2.75) is 12.8 Å². The fraction of sp³-hybridized carbons (Fsp3) is 0.368. The SMILES string of the molecule is O=CN1CCN(c2ncc(C(=O)N3CCCc4ccccc43)cn2)CC1. The molecule has 2 aliphatic heterocycles. The van der Waals surface area contributed by atoms with Gasteiger partial charge in [0.25, 0.3) is 5.91 Å². The number of piperazine rings is 1. The van der Waals surface area contributed by atoms with Crippen molar-refractivity contribution in [3.05, 3.63) is 47.8 Å². The van der Waals surface area contributed by atoms with E-state index in [9.17, 15) is 9.59 Å². The van der Waals surface area contributed by atoms with Gasteiger partial charge in [0.05, 0.1) is 5.56 Å². The van der Waals surface area contributed by atoms with Crippen LogP contribution in [0.1, 0.15) is 22.3 Å². The van der Waals surface area contributed by atoms with E-state index in [0.29, 0.717) is 44.2 Å². The van der Waals surface area contributed by atoms with Crippen LogP contribution in [0.2, 0.25) is 0 Å². The molecule has 0 spiro atoms. The minimum atomic E-state index is -0.0607. The van der Waals surface area contributed by atoms with Crippen LogP contribution in [0.25, 0.3) is 0 Å². The second-order valence-electron chi connectivity index (χ2n) is 6.59. The van der Waals surface area contributed by atoms with Crippen LogP contribution in [-0.4, -0.2) is 59.9 Å². The lowest BCUT2D eigenvalue weighted by Gasteiger charge is -2.32. The number of para-hydroxylation sites is 1. The van der Waals surface area contributed by atoms with Crippen LogP contribution in [0.5, 0.6) is 0 Å². The van der Waals surface area contributed by atoms with Gasteiger partial charge in [0, 0.05) is 50.8 Å². The number of rotatable bonds is 3. The van der Waals surface area contributed by atoms with Gasteiger partial charge in [-0.25, -0.2) is 9.97 Å². The number of aryl methyl sites for hydroxylation is 1. The lowest BCUT2D eigenvalue weighted by molar-refractivity contribution is -0.118. The molecule has 26 heavy (non-hydrogen) atoms. The highest BCUT2D eigenvalue weighted by atomic mass is 16.2. The van der Waals surface area contributed by atoms with Gasteiger partial charge in [-0.1, -0.05) is 18.2 Å². The number of benzene rings is 1. The van der Waals surface area contributed by atoms with Gasteiger partial charge in [-0.05, 0) is 24.5 Å². The molecule has 0 atom stereocenters. The van der Waals surface area contributed by atoms with E-state index < -0.39 is 0 Å². The summed E-state index contributed by atoms with van der Waals surface area (Å²) in [6.07, 6.45) is 6.04. The molecule has 4 rings (SSSR count). The van der Waals surface area contributed by atoms with Crippen LogP contribution in [0.15, 0.2) is 36.7 Å². The molecular weight excluding hydrogens is 330 g/mol. The zero-order valence-corrected chi connectivity index (χ0v) is 14.5. The van der Waals surface area contributed by atoms with Crippen molar-refractivity contribution in [1.29, 1.82) is 0 Å². The highest BCUT2D eigenvalue weighted by Crippen LogP contribution is 2.28. The van der Waals surface area contributed by atoms with E-state index in [1.807, 2.05) is 28.0 Å². The van der Waals surface area contributed by atoms with E-state index in [0.717, 1.165) is 24.9 Å². The van der Waals surface area contributed by atoms with E-state index in [2.05, 4.69) is 16.0 Å². The Hall–Kier alpha value is -2.96. The first-order valence-corrected chi connectivity index (χ1v) is 8.92. The first-order chi connectivity index (χ1) is 12.8.